The molecule has 29 heavy (non-hydrogen) atoms. The van der Waals surface area contributed by atoms with Gasteiger partial charge in [-0.1, -0.05) is 30.3 Å². The van der Waals surface area contributed by atoms with Gasteiger partial charge in [-0.25, -0.2) is 14.8 Å². The molecular formula is C23H24N4O2. The van der Waals surface area contributed by atoms with Crippen molar-refractivity contribution < 1.29 is 9.53 Å². The molecule has 0 bridgehead atoms. The Hall–Kier alpha value is -3.25. The molecule has 4 rings (SSSR count). The first-order valence-corrected chi connectivity index (χ1v) is 9.70. The fourth-order valence-corrected chi connectivity index (χ4v) is 3.56. The number of benzene rings is 2. The number of amides is 1. The van der Waals surface area contributed by atoms with Crippen LogP contribution in [0.1, 0.15) is 24.1 Å². The summed E-state index contributed by atoms with van der Waals surface area (Å²) in [5, 5.41) is 0. The Morgan fingerprint density at radius 3 is 2.66 bits per heavy atom. The van der Waals surface area contributed by atoms with E-state index in [1.807, 2.05) is 24.5 Å². The minimum atomic E-state index is -0.273. The highest BCUT2D eigenvalue weighted by atomic mass is 16.6. The van der Waals surface area contributed by atoms with Crippen molar-refractivity contribution in [2.75, 3.05) is 25.1 Å². The minimum absolute atomic E-state index is 0.192. The van der Waals surface area contributed by atoms with Crippen LogP contribution in [0, 0.1) is 0 Å². The third-order valence-corrected chi connectivity index (χ3v) is 5.34. The predicted octanol–water partition coefficient (Wildman–Crippen LogP) is 4.29. The fourth-order valence-electron chi connectivity index (χ4n) is 3.56. The molecule has 0 radical (unpaired) electrons. The number of aromatic nitrogens is 2. The van der Waals surface area contributed by atoms with E-state index in [0.717, 1.165) is 28.9 Å². The van der Waals surface area contributed by atoms with Gasteiger partial charge in [-0.15, -0.1) is 0 Å². The summed E-state index contributed by atoms with van der Waals surface area (Å²) in [5.74, 6) is 0. The average Bonchev–Trinajstić information content (AvgIpc) is 3.20. The largest absolute Gasteiger partial charge is 0.447 e. The van der Waals surface area contributed by atoms with Gasteiger partial charge in [0.1, 0.15) is 12.9 Å². The average molecular weight is 388 g/mol. The summed E-state index contributed by atoms with van der Waals surface area (Å²) in [6.45, 7) is 4.03. The molecule has 1 amide bonds. The van der Waals surface area contributed by atoms with Crippen LogP contribution in [0.25, 0.3) is 11.1 Å². The first-order valence-electron chi connectivity index (χ1n) is 9.70. The van der Waals surface area contributed by atoms with Gasteiger partial charge in [0.05, 0.1) is 6.54 Å². The Labute approximate surface area is 170 Å². The quantitative estimate of drug-likeness (QED) is 0.630. The summed E-state index contributed by atoms with van der Waals surface area (Å²) in [6.07, 6.45) is 4.92. The monoisotopic (exact) mass is 388 g/mol. The Balaban J connectivity index is 1.49. The van der Waals surface area contributed by atoms with Crippen molar-refractivity contribution in [1.29, 1.82) is 0 Å². The molecular weight excluding hydrogens is 364 g/mol. The molecule has 2 aromatic carbocycles. The lowest BCUT2D eigenvalue weighted by Gasteiger charge is -2.26. The number of anilines is 1. The summed E-state index contributed by atoms with van der Waals surface area (Å²) in [7, 11) is 2.11. The van der Waals surface area contributed by atoms with Crippen LogP contribution >= 0.6 is 0 Å². The molecule has 1 aliphatic heterocycles. The standard InChI is InChI=1S/C23H24N4O2/c1-17(19-6-4-8-22(12-19)27-9-10-29-23(27)28)26(2)15-18-5-3-7-20(11-18)21-13-24-16-25-14-21/h3-8,11-14,16-17H,9-10,15H2,1-2H3. The van der Waals surface area contributed by atoms with Crippen LogP contribution in [0.5, 0.6) is 0 Å². The van der Waals surface area contributed by atoms with Gasteiger partial charge in [-0.2, -0.15) is 0 Å². The van der Waals surface area contributed by atoms with Crippen molar-refractivity contribution in [3.05, 3.63) is 78.4 Å². The second-order valence-electron chi connectivity index (χ2n) is 7.28. The smallest absolute Gasteiger partial charge is 0.414 e. The number of hydrogen-bond donors (Lipinski definition) is 0. The summed E-state index contributed by atoms with van der Waals surface area (Å²) < 4.78 is 5.06. The van der Waals surface area contributed by atoms with Gasteiger partial charge in [0, 0.05) is 36.2 Å². The molecule has 1 aromatic heterocycles. The zero-order chi connectivity index (χ0) is 20.2. The lowest BCUT2D eigenvalue weighted by Crippen LogP contribution is -2.25. The van der Waals surface area contributed by atoms with Gasteiger partial charge in [-0.3, -0.25) is 9.80 Å². The molecule has 3 aromatic rings. The molecule has 6 nitrogen and oxygen atoms in total. The van der Waals surface area contributed by atoms with E-state index in [2.05, 4.69) is 65.2 Å². The third kappa shape index (κ3) is 4.27. The fraction of sp³-hybridized carbons (Fsp3) is 0.261. The molecule has 148 valence electrons. The van der Waals surface area contributed by atoms with Crippen molar-refractivity contribution in [3.8, 4) is 11.1 Å². The molecule has 0 saturated carbocycles. The predicted molar refractivity (Wildman–Crippen MR) is 112 cm³/mol. The van der Waals surface area contributed by atoms with Crippen molar-refractivity contribution in [2.24, 2.45) is 0 Å². The first-order chi connectivity index (χ1) is 14.1. The second kappa shape index (κ2) is 8.41. The van der Waals surface area contributed by atoms with Gasteiger partial charge in [0.2, 0.25) is 0 Å². The van der Waals surface area contributed by atoms with Crippen LogP contribution in [-0.2, 0) is 11.3 Å². The van der Waals surface area contributed by atoms with Gasteiger partial charge in [0.15, 0.2) is 0 Å². The van der Waals surface area contributed by atoms with Gasteiger partial charge in [-0.05, 0) is 48.9 Å². The van der Waals surface area contributed by atoms with Crippen LogP contribution in [-0.4, -0.2) is 41.2 Å². The van der Waals surface area contributed by atoms with Crippen molar-refractivity contribution in [1.82, 2.24) is 14.9 Å². The molecule has 1 unspecified atom stereocenters. The molecule has 0 spiro atoms. The summed E-state index contributed by atoms with van der Waals surface area (Å²) >= 11 is 0. The first kappa shape index (κ1) is 19.1. The molecule has 0 aliphatic carbocycles. The molecule has 2 heterocycles. The summed E-state index contributed by atoms with van der Waals surface area (Å²) in [6, 6.07) is 16.8. The highest BCUT2D eigenvalue weighted by Gasteiger charge is 2.24. The Morgan fingerprint density at radius 1 is 1.10 bits per heavy atom. The van der Waals surface area contributed by atoms with E-state index < -0.39 is 0 Å². The van der Waals surface area contributed by atoms with Crippen molar-refractivity contribution >= 4 is 11.8 Å². The van der Waals surface area contributed by atoms with Crippen LogP contribution in [0.15, 0.2) is 67.3 Å². The minimum Gasteiger partial charge on any atom is -0.447 e. The maximum atomic E-state index is 11.9. The Bertz CT molecular complexity index is 993. The van der Waals surface area contributed by atoms with Crippen LogP contribution in [0.4, 0.5) is 10.5 Å². The number of carbonyl (C=O) groups excluding carboxylic acids is 1. The maximum absolute atomic E-state index is 11.9. The zero-order valence-corrected chi connectivity index (χ0v) is 16.7. The lowest BCUT2D eigenvalue weighted by atomic mass is 10.0. The Morgan fingerprint density at radius 2 is 1.90 bits per heavy atom. The van der Waals surface area contributed by atoms with E-state index in [4.69, 9.17) is 4.74 Å². The van der Waals surface area contributed by atoms with Crippen molar-refractivity contribution in [2.45, 2.75) is 19.5 Å². The summed E-state index contributed by atoms with van der Waals surface area (Å²) in [5.41, 5.74) is 5.39. The number of ether oxygens (including phenoxy) is 1. The molecule has 1 saturated heterocycles. The lowest BCUT2D eigenvalue weighted by molar-refractivity contribution is 0.181. The highest BCUT2D eigenvalue weighted by molar-refractivity contribution is 5.89. The number of carbonyl (C=O) groups is 1. The van der Waals surface area contributed by atoms with Crippen LogP contribution < -0.4 is 4.90 Å². The van der Waals surface area contributed by atoms with Gasteiger partial charge >= 0.3 is 6.09 Å². The Kier molecular flexibility index (Phi) is 5.53. The number of hydrogen-bond acceptors (Lipinski definition) is 5. The molecule has 0 N–H and O–H groups in total. The number of nitrogens with zero attached hydrogens (tertiary/aromatic N) is 4. The van der Waals surface area contributed by atoms with Crippen molar-refractivity contribution in [3.63, 3.8) is 0 Å². The summed E-state index contributed by atoms with van der Waals surface area (Å²) in [4.78, 5) is 24.1. The molecule has 1 aliphatic rings. The number of cyclic esters (lactones) is 1. The maximum Gasteiger partial charge on any atom is 0.414 e. The van der Waals surface area contributed by atoms with E-state index in [-0.39, 0.29) is 12.1 Å². The second-order valence-corrected chi connectivity index (χ2v) is 7.28. The third-order valence-electron chi connectivity index (χ3n) is 5.34. The molecule has 1 atom stereocenters. The normalized spacial score (nSPS) is 14.9. The van der Waals surface area contributed by atoms with Gasteiger partial charge in [0.25, 0.3) is 0 Å². The van der Waals surface area contributed by atoms with Gasteiger partial charge < -0.3 is 4.74 Å². The highest BCUT2D eigenvalue weighted by Crippen LogP contribution is 2.27. The SMILES string of the molecule is CC(c1cccc(N2CCOC2=O)c1)N(C)Cc1cccc(-c2cncnc2)c1. The van der Waals surface area contributed by atoms with E-state index in [0.29, 0.717) is 13.2 Å². The number of rotatable bonds is 6. The zero-order valence-electron chi connectivity index (χ0n) is 16.7. The van der Waals surface area contributed by atoms with Crippen LogP contribution in [0.2, 0.25) is 0 Å². The van der Waals surface area contributed by atoms with E-state index in [9.17, 15) is 4.79 Å². The molecule has 6 heteroatoms. The topological polar surface area (TPSA) is 58.6 Å². The van der Waals surface area contributed by atoms with E-state index in [1.165, 1.54) is 5.56 Å². The van der Waals surface area contributed by atoms with Crippen LogP contribution in [0.3, 0.4) is 0 Å². The molecule has 1 fully saturated rings. The van der Waals surface area contributed by atoms with E-state index >= 15 is 0 Å². The van der Waals surface area contributed by atoms with E-state index in [1.54, 1.807) is 11.2 Å².